The van der Waals surface area contributed by atoms with Gasteiger partial charge >= 0.3 is 0 Å². The fourth-order valence-electron chi connectivity index (χ4n) is 4.16. The summed E-state index contributed by atoms with van der Waals surface area (Å²) in [5.74, 6) is -1.45. The summed E-state index contributed by atoms with van der Waals surface area (Å²) >= 11 is 0. The van der Waals surface area contributed by atoms with Gasteiger partial charge in [-0.25, -0.2) is 27.2 Å². The molecule has 1 fully saturated rings. The number of halogens is 2. The summed E-state index contributed by atoms with van der Waals surface area (Å²) in [4.78, 5) is 12.4. The Balaban J connectivity index is 1.53. The Bertz CT molecular complexity index is 1490. The second-order valence-corrected chi connectivity index (χ2v) is 10.4. The second-order valence-electron chi connectivity index (χ2n) is 8.75. The highest BCUT2D eigenvalue weighted by molar-refractivity contribution is 7.89. The molecule has 3 aromatic rings. The lowest BCUT2D eigenvalue weighted by Gasteiger charge is -2.28. The summed E-state index contributed by atoms with van der Waals surface area (Å²) in [6, 6.07) is 5.07. The lowest BCUT2D eigenvalue weighted by molar-refractivity contribution is 0.0954. The quantitative estimate of drug-likeness (QED) is 0.513. The summed E-state index contributed by atoms with van der Waals surface area (Å²) in [7, 11) is -2.96. The molecule has 2 aliphatic rings. The zero-order valence-electron chi connectivity index (χ0n) is 19.6. The lowest BCUT2D eigenvalue weighted by atomic mass is 9.95. The average Bonchev–Trinajstić information content (AvgIpc) is 2.81. The number of ether oxygens (including phenoxy) is 2. The molecule has 2 aromatic carbocycles. The van der Waals surface area contributed by atoms with E-state index in [9.17, 15) is 17.2 Å². The molecule has 1 aliphatic carbocycles. The lowest BCUT2D eigenvalue weighted by Crippen LogP contribution is -2.43. The second kappa shape index (κ2) is 9.64. The molecular formula is C25H24F2N4O4S. The summed E-state index contributed by atoms with van der Waals surface area (Å²) in [5.41, 5.74) is 2.81. The molecule has 1 aliphatic heterocycles. The Hall–Kier alpha value is -3.28. The molecule has 0 amide bonds. The molecule has 11 heteroatoms. The molecule has 1 N–H and O–H groups in total. The maximum absolute atomic E-state index is 14.2. The molecule has 1 aromatic heterocycles. The third-order valence-electron chi connectivity index (χ3n) is 6.33. The molecule has 2 unspecified atom stereocenters. The normalized spacial score (nSPS) is 20.3. The Morgan fingerprint density at radius 2 is 1.92 bits per heavy atom. The van der Waals surface area contributed by atoms with Gasteiger partial charge in [0.1, 0.15) is 34.1 Å². The summed E-state index contributed by atoms with van der Waals surface area (Å²) in [5, 5.41) is 0.804. The fourth-order valence-corrected chi connectivity index (χ4v) is 5.39. The van der Waals surface area contributed by atoms with Gasteiger partial charge in [0.25, 0.3) is 0 Å². The van der Waals surface area contributed by atoms with Crippen LogP contribution in [0.4, 0.5) is 8.78 Å². The van der Waals surface area contributed by atoms with E-state index in [1.807, 2.05) is 19.1 Å². The van der Waals surface area contributed by atoms with Crippen molar-refractivity contribution in [3.05, 3.63) is 65.6 Å². The third kappa shape index (κ3) is 4.73. The van der Waals surface area contributed by atoms with Crippen molar-refractivity contribution in [1.82, 2.24) is 14.7 Å². The van der Waals surface area contributed by atoms with E-state index in [4.69, 9.17) is 9.47 Å². The number of sulfonamides is 1. The van der Waals surface area contributed by atoms with Crippen molar-refractivity contribution in [2.45, 2.75) is 49.5 Å². The van der Waals surface area contributed by atoms with Gasteiger partial charge in [0.05, 0.1) is 12.1 Å². The van der Waals surface area contributed by atoms with Crippen LogP contribution in [0.25, 0.3) is 16.5 Å². The SMILES string of the molecule is COC1N=CC(c2cc(OC3CCC3)c3ncnc(C)c3c2)=CC1NS(=O)(=O)c1ccc(F)cc1F. The van der Waals surface area contributed by atoms with E-state index >= 15 is 0 Å². The maximum Gasteiger partial charge on any atom is 0.244 e. The molecule has 0 bridgehead atoms. The van der Waals surface area contributed by atoms with Gasteiger partial charge in [-0.2, -0.15) is 4.72 Å². The minimum Gasteiger partial charge on any atom is -0.488 e. The van der Waals surface area contributed by atoms with Gasteiger partial charge in [0.2, 0.25) is 10.0 Å². The molecule has 2 atom stereocenters. The van der Waals surface area contributed by atoms with Gasteiger partial charge in [-0.05, 0) is 61.6 Å². The topological polar surface area (TPSA) is 103 Å². The van der Waals surface area contributed by atoms with E-state index in [0.717, 1.165) is 48.0 Å². The molecule has 36 heavy (non-hydrogen) atoms. The molecular weight excluding hydrogens is 490 g/mol. The van der Waals surface area contributed by atoms with E-state index in [2.05, 4.69) is 19.7 Å². The number of fused-ring (bicyclic) bond motifs is 1. The molecule has 2 heterocycles. The number of hydrogen-bond acceptors (Lipinski definition) is 7. The van der Waals surface area contributed by atoms with E-state index in [-0.39, 0.29) is 6.10 Å². The van der Waals surface area contributed by atoms with Gasteiger partial charge in [-0.15, -0.1) is 0 Å². The number of benzene rings is 2. The van der Waals surface area contributed by atoms with E-state index < -0.39 is 38.8 Å². The molecule has 0 spiro atoms. The van der Waals surface area contributed by atoms with E-state index in [1.54, 1.807) is 12.3 Å². The van der Waals surface area contributed by atoms with Crippen molar-refractivity contribution < 1.29 is 26.7 Å². The van der Waals surface area contributed by atoms with Crippen molar-refractivity contribution in [2.75, 3.05) is 7.11 Å². The predicted octanol–water partition coefficient (Wildman–Crippen LogP) is 3.94. The van der Waals surface area contributed by atoms with E-state index in [1.165, 1.54) is 13.4 Å². The highest BCUT2D eigenvalue weighted by Gasteiger charge is 2.30. The Morgan fingerprint density at radius 1 is 1.11 bits per heavy atom. The van der Waals surface area contributed by atoms with Crippen LogP contribution < -0.4 is 9.46 Å². The van der Waals surface area contributed by atoms with Crippen molar-refractivity contribution in [3.8, 4) is 5.75 Å². The molecule has 5 rings (SSSR count). The van der Waals surface area contributed by atoms with Crippen molar-refractivity contribution in [3.63, 3.8) is 0 Å². The highest BCUT2D eigenvalue weighted by atomic mass is 32.2. The number of nitrogens with one attached hydrogen (secondary N) is 1. The smallest absolute Gasteiger partial charge is 0.244 e. The molecule has 0 radical (unpaired) electrons. The number of aromatic nitrogens is 2. The number of nitrogens with zero attached hydrogens (tertiary/aromatic N) is 3. The fraction of sp³-hybridized carbons (Fsp3) is 0.320. The Kier molecular flexibility index (Phi) is 6.54. The monoisotopic (exact) mass is 514 g/mol. The molecule has 8 nitrogen and oxygen atoms in total. The zero-order valence-corrected chi connectivity index (χ0v) is 20.4. The maximum atomic E-state index is 14.2. The minimum atomic E-state index is -4.35. The van der Waals surface area contributed by atoms with Crippen LogP contribution in [0, 0.1) is 18.6 Å². The van der Waals surface area contributed by atoms with Crippen LogP contribution in [0.3, 0.4) is 0 Å². The van der Waals surface area contributed by atoms with Crippen molar-refractivity contribution in [2.24, 2.45) is 4.99 Å². The van der Waals surface area contributed by atoms with Crippen LogP contribution in [-0.2, 0) is 14.8 Å². The summed E-state index contributed by atoms with van der Waals surface area (Å²) in [6.45, 7) is 1.87. The van der Waals surface area contributed by atoms with Crippen LogP contribution in [-0.4, -0.2) is 50.1 Å². The number of allylic oxidation sites excluding steroid dienone is 1. The predicted molar refractivity (Wildman–Crippen MR) is 130 cm³/mol. The molecule has 1 saturated carbocycles. The zero-order chi connectivity index (χ0) is 25.4. The molecule has 0 saturated heterocycles. The largest absolute Gasteiger partial charge is 0.488 e. The number of aryl methyl sites for hydroxylation is 1. The van der Waals surface area contributed by atoms with E-state index in [0.29, 0.717) is 22.9 Å². The number of aliphatic imine (C=N–C) groups is 1. The van der Waals surface area contributed by atoms with Crippen LogP contribution in [0.1, 0.15) is 30.5 Å². The van der Waals surface area contributed by atoms with Gasteiger partial charge in [0, 0.05) is 30.5 Å². The van der Waals surface area contributed by atoms with Gasteiger partial charge in [-0.1, -0.05) is 6.08 Å². The number of rotatable bonds is 7. The van der Waals surface area contributed by atoms with Crippen molar-refractivity contribution in [1.29, 1.82) is 0 Å². The van der Waals surface area contributed by atoms with Gasteiger partial charge < -0.3 is 9.47 Å². The van der Waals surface area contributed by atoms with Crippen molar-refractivity contribution >= 4 is 32.7 Å². The first-order valence-electron chi connectivity index (χ1n) is 11.4. The number of methoxy groups -OCH3 is 1. The van der Waals surface area contributed by atoms with Gasteiger partial charge in [-0.3, -0.25) is 4.99 Å². The first-order chi connectivity index (χ1) is 17.2. The number of dihydropyridines is 1. The highest BCUT2D eigenvalue weighted by Crippen LogP contribution is 2.34. The molecule has 188 valence electrons. The number of hydrogen-bond donors (Lipinski definition) is 1. The Morgan fingerprint density at radius 3 is 2.61 bits per heavy atom. The first-order valence-corrected chi connectivity index (χ1v) is 12.9. The van der Waals surface area contributed by atoms with Crippen LogP contribution in [0.5, 0.6) is 5.75 Å². The minimum absolute atomic E-state index is 0.121. The Labute approximate surface area is 207 Å². The van der Waals surface area contributed by atoms with Gasteiger partial charge in [0.15, 0.2) is 6.23 Å². The van der Waals surface area contributed by atoms with Crippen LogP contribution in [0.15, 0.2) is 52.6 Å². The third-order valence-corrected chi connectivity index (χ3v) is 7.82. The average molecular weight is 515 g/mol. The summed E-state index contributed by atoms with van der Waals surface area (Å²) < 4.78 is 67.4. The summed E-state index contributed by atoms with van der Waals surface area (Å²) in [6.07, 6.45) is 7.02. The van der Waals surface area contributed by atoms with Crippen LogP contribution >= 0.6 is 0 Å². The standard InChI is InChI=1S/C25H24F2N4O4S/c1-14-19-8-15(10-22(24(19)30-13-29-14)35-18-4-3-5-18)16-9-21(25(34-2)28-12-16)31-36(32,33)23-7-6-17(26)11-20(23)27/h6-13,18,21,25,31H,3-5H2,1-2H3. The first kappa shape index (κ1) is 24.4. The van der Waals surface area contributed by atoms with Crippen LogP contribution in [0.2, 0.25) is 0 Å².